The van der Waals surface area contributed by atoms with Crippen LogP contribution in [-0.4, -0.2) is 5.91 Å². The molecule has 0 bridgehead atoms. The number of anilines is 1. The highest BCUT2D eigenvalue weighted by Crippen LogP contribution is 2.32. The summed E-state index contributed by atoms with van der Waals surface area (Å²) in [6, 6.07) is 3.84. The molecule has 0 fully saturated rings. The van der Waals surface area contributed by atoms with E-state index in [-0.39, 0.29) is 5.91 Å². The van der Waals surface area contributed by atoms with Gasteiger partial charge >= 0.3 is 0 Å². The standard InChI is InChI=1S/C17H19BrClNO2/c1-5-11-7-8-13(19)12(6-2)16(11)20-17(21)14-9(3)22-10(4)15(14)18/h7-8H,5-6H2,1-4H3,(H,20,21). The summed E-state index contributed by atoms with van der Waals surface area (Å²) in [6.45, 7) is 7.69. The second-order valence-corrected chi connectivity index (χ2v) is 6.32. The summed E-state index contributed by atoms with van der Waals surface area (Å²) in [4.78, 5) is 12.7. The topological polar surface area (TPSA) is 42.2 Å². The van der Waals surface area contributed by atoms with Crippen LogP contribution in [0.25, 0.3) is 0 Å². The third kappa shape index (κ3) is 3.08. The molecule has 0 aliphatic heterocycles. The van der Waals surface area contributed by atoms with Crippen LogP contribution in [-0.2, 0) is 12.8 Å². The number of carbonyl (C=O) groups excluding carboxylic acids is 1. The Bertz CT molecular complexity index is 722. The molecule has 2 aromatic rings. The van der Waals surface area contributed by atoms with Gasteiger partial charge in [0, 0.05) is 10.7 Å². The van der Waals surface area contributed by atoms with E-state index in [4.69, 9.17) is 16.0 Å². The number of rotatable bonds is 4. The van der Waals surface area contributed by atoms with E-state index in [1.807, 2.05) is 26.0 Å². The van der Waals surface area contributed by atoms with E-state index in [0.717, 1.165) is 29.7 Å². The predicted octanol–water partition coefficient (Wildman–Crippen LogP) is 5.69. The molecule has 118 valence electrons. The van der Waals surface area contributed by atoms with Crippen LogP contribution in [0.5, 0.6) is 0 Å². The lowest BCUT2D eigenvalue weighted by molar-refractivity contribution is 0.102. The summed E-state index contributed by atoms with van der Waals surface area (Å²) in [7, 11) is 0. The Morgan fingerprint density at radius 3 is 2.41 bits per heavy atom. The molecule has 0 atom stereocenters. The lowest BCUT2D eigenvalue weighted by atomic mass is 10.0. The molecule has 0 saturated heterocycles. The first-order valence-electron chi connectivity index (χ1n) is 7.27. The van der Waals surface area contributed by atoms with Crippen molar-refractivity contribution in [2.75, 3.05) is 5.32 Å². The largest absolute Gasteiger partial charge is 0.465 e. The van der Waals surface area contributed by atoms with E-state index in [1.54, 1.807) is 6.92 Å². The lowest BCUT2D eigenvalue weighted by Gasteiger charge is -2.16. The smallest absolute Gasteiger partial charge is 0.260 e. The van der Waals surface area contributed by atoms with Gasteiger partial charge in [-0.05, 0) is 59.8 Å². The van der Waals surface area contributed by atoms with Crippen molar-refractivity contribution in [2.24, 2.45) is 0 Å². The summed E-state index contributed by atoms with van der Waals surface area (Å²) in [5.74, 6) is 1.10. The van der Waals surface area contributed by atoms with Gasteiger partial charge in [-0.1, -0.05) is 31.5 Å². The number of carbonyl (C=O) groups is 1. The predicted molar refractivity (Wildman–Crippen MR) is 94.0 cm³/mol. The summed E-state index contributed by atoms with van der Waals surface area (Å²) < 4.78 is 6.20. The van der Waals surface area contributed by atoms with Gasteiger partial charge in [-0.25, -0.2) is 0 Å². The zero-order valence-corrected chi connectivity index (χ0v) is 15.5. The Labute approximate surface area is 144 Å². The number of furan rings is 1. The summed E-state index contributed by atoms with van der Waals surface area (Å²) in [6.07, 6.45) is 1.58. The van der Waals surface area contributed by atoms with Gasteiger partial charge in [-0.2, -0.15) is 0 Å². The van der Waals surface area contributed by atoms with Crippen LogP contribution >= 0.6 is 27.5 Å². The highest BCUT2D eigenvalue weighted by atomic mass is 79.9. The van der Waals surface area contributed by atoms with Crippen LogP contribution in [0.4, 0.5) is 5.69 Å². The maximum Gasteiger partial charge on any atom is 0.260 e. The third-order valence-electron chi connectivity index (χ3n) is 3.73. The molecule has 1 aromatic carbocycles. The molecule has 3 nitrogen and oxygen atoms in total. The minimum Gasteiger partial charge on any atom is -0.465 e. The zero-order chi connectivity index (χ0) is 16.4. The maximum absolute atomic E-state index is 12.7. The molecule has 0 aliphatic rings. The number of hydrogen-bond acceptors (Lipinski definition) is 2. The zero-order valence-electron chi connectivity index (χ0n) is 13.1. The SMILES string of the molecule is CCc1ccc(Cl)c(CC)c1NC(=O)c1c(C)oc(C)c1Br. The van der Waals surface area contributed by atoms with Crippen molar-refractivity contribution >= 4 is 39.1 Å². The lowest BCUT2D eigenvalue weighted by Crippen LogP contribution is -2.16. The third-order valence-corrected chi connectivity index (χ3v) is 5.04. The summed E-state index contributed by atoms with van der Waals surface area (Å²) in [5.41, 5.74) is 3.38. The van der Waals surface area contributed by atoms with Crippen LogP contribution in [0.3, 0.4) is 0 Å². The van der Waals surface area contributed by atoms with Crippen molar-refractivity contribution in [3.05, 3.63) is 49.8 Å². The molecule has 0 spiro atoms. The van der Waals surface area contributed by atoms with Crippen molar-refractivity contribution in [3.8, 4) is 0 Å². The average molecular weight is 385 g/mol. The normalized spacial score (nSPS) is 10.8. The molecule has 0 aliphatic carbocycles. The van der Waals surface area contributed by atoms with E-state index in [1.165, 1.54) is 0 Å². The van der Waals surface area contributed by atoms with Gasteiger partial charge in [0.15, 0.2) is 0 Å². The molecule has 1 aromatic heterocycles. The Balaban J connectivity index is 2.46. The van der Waals surface area contributed by atoms with E-state index in [9.17, 15) is 4.79 Å². The maximum atomic E-state index is 12.7. The molecule has 1 heterocycles. The van der Waals surface area contributed by atoms with Gasteiger partial charge in [0.1, 0.15) is 11.5 Å². The van der Waals surface area contributed by atoms with Crippen molar-refractivity contribution in [1.82, 2.24) is 0 Å². The summed E-state index contributed by atoms with van der Waals surface area (Å²) >= 11 is 9.70. The Hall–Kier alpha value is -1.26. The molecule has 22 heavy (non-hydrogen) atoms. The molecule has 0 unspecified atom stereocenters. The Morgan fingerprint density at radius 1 is 1.23 bits per heavy atom. The van der Waals surface area contributed by atoms with Gasteiger partial charge in [0.2, 0.25) is 0 Å². The van der Waals surface area contributed by atoms with Crippen LogP contribution < -0.4 is 5.32 Å². The second-order valence-electron chi connectivity index (χ2n) is 5.12. The van der Waals surface area contributed by atoms with E-state index < -0.39 is 0 Å². The minimum absolute atomic E-state index is 0.187. The molecular weight excluding hydrogens is 366 g/mol. The molecule has 1 N–H and O–H groups in total. The van der Waals surface area contributed by atoms with Gasteiger partial charge in [0.25, 0.3) is 5.91 Å². The second kappa shape index (κ2) is 6.88. The monoisotopic (exact) mass is 383 g/mol. The quantitative estimate of drug-likeness (QED) is 0.736. The minimum atomic E-state index is -0.187. The van der Waals surface area contributed by atoms with Gasteiger partial charge < -0.3 is 9.73 Å². The van der Waals surface area contributed by atoms with Crippen molar-refractivity contribution in [3.63, 3.8) is 0 Å². The highest BCUT2D eigenvalue weighted by molar-refractivity contribution is 9.10. The van der Waals surface area contributed by atoms with Crippen molar-refractivity contribution < 1.29 is 9.21 Å². The molecule has 2 rings (SSSR count). The van der Waals surface area contributed by atoms with Gasteiger partial charge in [0.05, 0.1) is 10.0 Å². The first-order chi connectivity index (χ1) is 10.4. The Morgan fingerprint density at radius 2 is 1.91 bits per heavy atom. The number of halogens is 2. The first kappa shape index (κ1) is 17.1. The Kier molecular flexibility index (Phi) is 5.35. The number of hydrogen-bond donors (Lipinski definition) is 1. The highest BCUT2D eigenvalue weighted by Gasteiger charge is 2.22. The fourth-order valence-electron chi connectivity index (χ4n) is 2.56. The van der Waals surface area contributed by atoms with Crippen LogP contribution in [0.15, 0.2) is 21.0 Å². The van der Waals surface area contributed by atoms with E-state index in [2.05, 4.69) is 28.2 Å². The average Bonchev–Trinajstić information content (AvgIpc) is 2.72. The first-order valence-corrected chi connectivity index (χ1v) is 8.44. The molecule has 0 radical (unpaired) electrons. The fraction of sp³-hybridized carbons (Fsp3) is 0.353. The fourth-order valence-corrected chi connectivity index (χ4v) is 3.39. The van der Waals surface area contributed by atoms with E-state index in [0.29, 0.717) is 26.6 Å². The van der Waals surface area contributed by atoms with Gasteiger partial charge in [-0.15, -0.1) is 0 Å². The van der Waals surface area contributed by atoms with Crippen LogP contribution in [0.1, 0.15) is 46.9 Å². The molecule has 1 amide bonds. The number of nitrogens with one attached hydrogen (secondary N) is 1. The van der Waals surface area contributed by atoms with Crippen LogP contribution in [0, 0.1) is 13.8 Å². The number of amides is 1. The summed E-state index contributed by atoms with van der Waals surface area (Å²) in [5, 5.41) is 3.69. The molecule has 5 heteroatoms. The molecular formula is C17H19BrClNO2. The molecule has 0 saturated carbocycles. The number of aryl methyl sites for hydroxylation is 3. The van der Waals surface area contributed by atoms with Crippen molar-refractivity contribution in [1.29, 1.82) is 0 Å². The van der Waals surface area contributed by atoms with Gasteiger partial charge in [-0.3, -0.25) is 4.79 Å². The van der Waals surface area contributed by atoms with E-state index >= 15 is 0 Å². The number of benzene rings is 1. The van der Waals surface area contributed by atoms with Crippen LogP contribution in [0.2, 0.25) is 5.02 Å². The van der Waals surface area contributed by atoms with Crippen molar-refractivity contribution in [2.45, 2.75) is 40.5 Å².